The summed E-state index contributed by atoms with van der Waals surface area (Å²) in [5, 5.41) is 7.81. The monoisotopic (exact) mass is 300 g/mol. The van der Waals surface area contributed by atoms with E-state index in [0.29, 0.717) is 0 Å². The number of thiophene rings is 2. The van der Waals surface area contributed by atoms with Crippen molar-refractivity contribution in [3.63, 3.8) is 0 Å². The molecule has 0 aliphatic rings. The van der Waals surface area contributed by atoms with Crippen LogP contribution in [0.4, 0.5) is 5.69 Å². The van der Waals surface area contributed by atoms with Gasteiger partial charge in [-0.1, -0.05) is 6.07 Å². The van der Waals surface area contributed by atoms with Crippen molar-refractivity contribution in [3.05, 3.63) is 57.4 Å². The number of hydrogen-bond donors (Lipinski definition) is 1. The third-order valence-electron chi connectivity index (χ3n) is 3.14. The van der Waals surface area contributed by atoms with Gasteiger partial charge in [0.25, 0.3) is 0 Å². The van der Waals surface area contributed by atoms with Crippen molar-refractivity contribution in [2.75, 3.05) is 5.32 Å². The first-order chi connectivity index (χ1) is 9.72. The van der Waals surface area contributed by atoms with Crippen molar-refractivity contribution in [1.82, 2.24) is 4.98 Å². The van der Waals surface area contributed by atoms with Gasteiger partial charge in [0, 0.05) is 27.6 Å². The molecule has 0 bridgehead atoms. The number of anilines is 1. The van der Waals surface area contributed by atoms with Crippen LogP contribution in [0.25, 0.3) is 10.4 Å². The van der Waals surface area contributed by atoms with Gasteiger partial charge in [-0.3, -0.25) is 4.98 Å². The molecule has 0 saturated heterocycles. The molecule has 1 N–H and O–H groups in total. The standard InChI is InChI=1S/C16H16N2S2/c1-11-5-6-15(12(2)18-11)17-9-14-8-13(10-20-14)16-4-3-7-19-16/h3-8,10,17H,9H2,1-2H3. The molecule has 4 heteroatoms. The van der Waals surface area contributed by atoms with Crippen molar-refractivity contribution in [2.45, 2.75) is 20.4 Å². The van der Waals surface area contributed by atoms with Crippen LogP contribution in [0.3, 0.4) is 0 Å². The lowest BCUT2D eigenvalue weighted by atomic mass is 10.2. The summed E-state index contributed by atoms with van der Waals surface area (Å²) < 4.78 is 0. The SMILES string of the molecule is Cc1ccc(NCc2cc(-c3cccs3)cs2)c(C)n1. The molecule has 0 atom stereocenters. The molecule has 0 saturated carbocycles. The molecule has 0 spiro atoms. The second kappa shape index (κ2) is 5.77. The van der Waals surface area contributed by atoms with Crippen LogP contribution in [-0.2, 0) is 6.54 Å². The number of nitrogens with one attached hydrogen (secondary N) is 1. The highest BCUT2D eigenvalue weighted by Gasteiger charge is 2.04. The number of hydrogen-bond acceptors (Lipinski definition) is 4. The fraction of sp³-hybridized carbons (Fsp3) is 0.188. The molecule has 102 valence electrons. The molecular formula is C16H16N2S2. The van der Waals surface area contributed by atoms with E-state index in [2.05, 4.69) is 45.3 Å². The summed E-state index contributed by atoms with van der Waals surface area (Å²) in [6.07, 6.45) is 0. The number of pyridine rings is 1. The Morgan fingerprint density at radius 1 is 1.15 bits per heavy atom. The summed E-state index contributed by atoms with van der Waals surface area (Å²) in [4.78, 5) is 7.15. The topological polar surface area (TPSA) is 24.9 Å². The van der Waals surface area contributed by atoms with Crippen molar-refractivity contribution in [2.24, 2.45) is 0 Å². The van der Waals surface area contributed by atoms with Crippen LogP contribution in [0.5, 0.6) is 0 Å². The molecule has 3 aromatic rings. The third-order valence-corrected chi connectivity index (χ3v) is 4.99. The summed E-state index contributed by atoms with van der Waals surface area (Å²) in [5.41, 5.74) is 4.55. The van der Waals surface area contributed by atoms with Gasteiger partial charge in [0.05, 0.1) is 11.4 Å². The van der Waals surface area contributed by atoms with E-state index in [-0.39, 0.29) is 0 Å². The minimum absolute atomic E-state index is 0.849. The summed E-state index contributed by atoms with van der Waals surface area (Å²) in [5.74, 6) is 0. The summed E-state index contributed by atoms with van der Waals surface area (Å²) >= 11 is 3.58. The number of aromatic nitrogens is 1. The molecule has 0 aliphatic carbocycles. The van der Waals surface area contributed by atoms with E-state index in [0.717, 1.165) is 23.6 Å². The summed E-state index contributed by atoms with van der Waals surface area (Å²) in [7, 11) is 0. The van der Waals surface area contributed by atoms with Gasteiger partial charge in [-0.25, -0.2) is 0 Å². The molecule has 0 amide bonds. The molecule has 0 aromatic carbocycles. The first kappa shape index (κ1) is 13.3. The van der Waals surface area contributed by atoms with Gasteiger partial charge in [-0.15, -0.1) is 22.7 Å². The fourth-order valence-electron chi connectivity index (χ4n) is 2.10. The van der Waals surface area contributed by atoms with Crippen molar-refractivity contribution < 1.29 is 0 Å². The van der Waals surface area contributed by atoms with E-state index in [1.54, 1.807) is 22.7 Å². The van der Waals surface area contributed by atoms with E-state index >= 15 is 0 Å². The van der Waals surface area contributed by atoms with E-state index in [4.69, 9.17) is 0 Å². The molecule has 0 fully saturated rings. The smallest absolute Gasteiger partial charge is 0.0607 e. The number of rotatable bonds is 4. The second-order valence-electron chi connectivity index (χ2n) is 4.72. The second-order valence-corrected chi connectivity index (χ2v) is 6.66. The van der Waals surface area contributed by atoms with Crippen molar-refractivity contribution in [1.29, 1.82) is 0 Å². The minimum atomic E-state index is 0.849. The minimum Gasteiger partial charge on any atom is -0.379 e. The first-order valence-corrected chi connectivity index (χ1v) is 8.28. The van der Waals surface area contributed by atoms with E-state index in [9.17, 15) is 0 Å². The third kappa shape index (κ3) is 2.92. The lowest BCUT2D eigenvalue weighted by Gasteiger charge is -2.08. The van der Waals surface area contributed by atoms with Crippen LogP contribution in [0, 0.1) is 13.8 Å². The maximum absolute atomic E-state index is 4.47. The number of nitrogens with zero attached hydrogens (tertiary/aromatic N) is 1. The summed E-state index contributed by atoms with van der Waals surface area (Å²) in [6.45, 7) is 4.91. The van der Waals surface area contributed by atoms with E-state index in [1.165, 1.54) is 15.3 Å². The largest absolute Gasteiger partial charge is 0.379 e. The Morgan fingerprint density at radius 3 is 2.80 bits per heavy atom. The highest BCUT2D eigenvalue weighted by molar-refractivity contribution is 7.14. The van der Waals surface area contributed by atoms with Gasteiger partial charge in [0.15, 0.2) is 0 Å². The molecular weight excluding hydrogens is 284 g/mol. The zero-order valence-electron chi connectivity index (χ0n) is 11.5. The van der Waals surface area contributed by atoms with Crippen LogP contribution >= 0.6 is 22.7 Å². The maximum Gasteiger partial charge on any atom is 0.0607 e. The van der Waals surface area contributed by atoms with Gasteiger partial charge in [-0.05, 0) is 48.9 Å². The molecule has 20 heavy (non-hydrogen) atoms. The maximum atomic E-state index is 4.47. The molecule has 0 radical (unpaired) electrons. The average Bonchev–Trinajstić information content (AvgIpc) is 3.08. The van der Waals surface area contributed by atoms with Crippen molar-refractivity contribution >= 4 is 28.4 Å². The Hall–Kier alpha value is -1.65. The Bertz CT molecular complexity index is 699. The zero-order valence-corrected chi connectivity index (χ0v) is 13.1. The lowest BCUT2D eigenvalue weighted by molar-refractivity contribution is 1.09. The Labute approximate surface area is 127 Å². The average molecular weight is 300 g/mol. The normalized spacial score (nSPS) is 10.7. The molecule has 0 aliphatic heterocycles. The van der Waals surface area contributed by atoms with E-state index < -0.39 is 0 Å². The van der Waals surface area contributed by atoms with Crippen LogP contribution in [0.15, 0.2) is 41.1 Å². The van der Waals surface area contributed by atoms with Gasteiger partial charge >= 0.3 is 0 Å². The molecule has 3 aromatic heterocycles. The Kier molecular flexibility index (Phi) is 3.85. The van der Waals surface area contributed by atoms with E-state index in [1.807, 2.05) is 19.9 Å². The van der Waals surface area contributed by atoms with Crippen LogP contribution < -0.4 is 5.32 Å². The molecule has 0 unspecified atom stereocenters. The highest BCUT2D eigenvalue weighted by atomic mass is 32.1. The van der Waals surface area contributed by atoms with Crippen LogP contribution in [0.2, 0.25) is 0 Å². The van der Waals surface area contributed by atoms with Gasteiger partial charge in [-0.2, -0.15) is 0 Å². The molecule has 3 heterocycles. The summed E-state index contributed by atoms with van der Waals surface area (Å²) in [6, 6.07) is 10.7. The van der Waals surface area contributed by atoms with Crippen molar-refractivity contribution in [3.8, 4) is 10.4 Å². The van der Waals surface area contributed by atoms with Gasteiger partial charge < -0.3 is 5.32 Å². The predicted molar refractivity (Wildman–Crippen MR) is 88.7 cm³/mol. The molecule has 3 rings (SSSR count). The van der Waals surface area contributed by atoms with Crippen LogP contribution in [-0.4, -0.2) is 4.98 Å². The molecule has 2 nitrogen and oxygen atoms in total. The lowest BCUT2D eigenvalue weighted by Crippen LogP contribution is -2.01. The van der Waals surface area contributed by atoms with Gasteiger partial charge in [0.1, 0.15) is 0 Å². The van der Waals surface area contributed by atoms with Gasteiger partial charge in [0.2, 0.25) is 0 Å². The predicted octanol–water partition coefficient (Wildman–Crippen LogP) is 5.10. The Morgan fingerprint density at radius 2 is 2.05 bits per heavy atom. The zero-order chi connectivity index (χ0) is 13.9. The number of aryl methyl sites for hydroxylation is 2. The fourth-order valence-corrected chi connectivity index (χ4v) is 3.71. The highest BCUT2D eigenvalue weighted by Crippen LogP contribution is 2.29. The van der Waals surface area contributed by atoms with Crippen LogP contribution in [0.1, 0.15) is 16.3 Å². The first-order valence-electron chi connectivity index (χ1n) is 6.52. The quantitative estimate of drug-likeness (QED) is 0.725. The Balaban J connectivity index is 1.70.